The van der Waals surface area contributed by atoms with Crippen molar-refractivity contribution in [3.05, 3.63) is 28.7 Å². The Hall–Kier alpha value is -1.23. The fraction of sp³-hybridized carbons (Fsp3) is 0.793. The van der Waals surface area contributed by atoms with Crippen LogP contribution in [0.4, 0.5) is 5.69 Å². The van der Waals surface area contributed by atoms with Crippen molar-refractivity contribution < 1.29 is 28.8 Å². The van der Waals surface area contributed by atoms with E-state index in [1.54, 1.807) is 6.07 Å². The zero-order chi connectivity index (χ0) is 27.4. The molecule has 0 bridgehead atoms. The molecule has 8 nitrogen and oxygen atoms in total. The van der Waals surface area contributed by atoms with Crippen LogP contribution < -0.4 is 0 Å². The van der Waals surface area contributed by atoms with E-state index in [1.807, 2.05) is 0 Å². The van der Waals surface area contributed by atoms with Crippen LogP contribution in [0.5, 0.6) is 5.75 Å². The van der Waals surface area contributed by atoms with E-state index < -0.39 is 0 Å². The molecule has 220 valence electrons. The van der Waals surface area contributed by atoms with Crippen LogP contribution >= 0.6 is 12.6 Å². The van der Waals surface area contributed by atoms with Crippen molar-refractivity contribution in [2.75, 3.05) is 71.8 Å². The largest absolute Gasteiger partial charge is 0.508 e. The van der Waals surface area contributed by atoms with Crippen molar-refractivity contribution in [1.29, 1.82) is 0 Å². The first-order valence-corrected chi connectivity index (χ1v) is 15.1. The fourth-order valence-corrected chi connectivity index (χ4v) is 4.14. The molecule has 1 rings (SSSR count). The molecule has 9 heteroatoms. The minimum Gasteiger partial charge on any atom is -0.508 e. The minimum atomic E-state index is 0.149. The molecule has 0 unspecified atom stereocenters. The summed E-state index contributed by atoms with van der Waals surface area (Å²) in [5, 5.41) is 12.5. The molecular formula is C29H51NO7S. The van der Waals surface area contributed by atoms with E-state index in [-0.39, 0.29) is 5.75 Å². The average Bonchev–Trinajstić information content (AvgIpc) is 2.92. The Morgan fingerprint density at radius 1 is 0.579 bits per heavy atom. The zero-order valence-corrected chi connectivity index (χ0v) is 24.2. The number of aryl methyl sites for hydroxylation is 1. The highest BCUT2D eigenvalue weighted by Gasteiger charge is 2.04. The predicted octanol–water partition coefficient (Wildman–Crippen LogP) is 6.64. The van der Waals surface area contributed by atoms with Crippen LogP contribution in [0.2, 0.25) is 0 Å². The van der Waals surface area contributed by atoms with Gasteiger partial charge >= 0.3 is 0 Å². The van der Waals surface area contributed by atoms with Gasteiger partial charge in [-0.15, -0.1) is 4.91 Å². The first-order valence-electron chi connectivity index (χ1n) is 14.4. The van der Waals surface area contributed by atoms with Gasteiger partial charge in [0.1, 0.15) is 11.4 Å². The van der Waals surface area contributed by atoms with Gasteiger partial charge in [0.15, 0.2) is 0 Å². The van der Waals surface area contributed by atoms with Crippen LogP contribution in [0.15, 0.2) is 23.4 Å². The molecule has 0 fully saturated rings. The number of benzene rings is 1. The van der Waals surface area contributed by atoms with Crippen LogP contribution in [-0.4, -0.2) is 76.9 Å². The third-order valence-corrected chi connectivity index (χ3v) is 6.40. The number of nitrogens with zero attached hydrogens (tertiary/aromatic N) is 1. The van der Waals surface area contributed by atoms with E-state index >= 15 is 0 Å². The minimum absolute atomic E-state index is 0.149. The van der Waals surface area contributed by atoms with Gasteiger partial charge in [0.25, 0.3) is 0 Å². The lowest BCUT2D eigenvalue weighted by Crippen LogP contribution is -2.13. The summed E-state index contributed by atoms with van der Waals surface area (Å²) in [7, 11) is 0. The van der Waals surface area contributed by atoms with Crippen molar-refractivity contribution in [1.82, 2.24) is 0 Å². The maximum Gasteiger partial charge on any atom is 0.116 e. The molecule has 0 spiro atoms. The van der Waals surface area contributed by atoms with Gasteiger partial charge < -0.3 is 28.8 Å². The van der Waals surface area contributed by atoms with Gasteiger partial charge in [0, 0.05) is 13.2 Å². The summed E-state index contributed by atoms with van der Waals surface area (Å²) in [6.07, 6.45) is 14.1. The SMILES string of the molecule is O=Nc1ccc(O)cc1CCCCOCCOCCOCCOCCOCCCCCCCCCCCS. The van der Waals surface area contributed by atoms with Gasteiger partial charge in [-0.25, -0.2) is 0 Å². The van der Waals surface area contributed by atoms with Crippen molar-refractivity contribution in [3.63, 3.8) is 0 Å². The molecule has 0 aliphatic carbocycles. The lowest BCUT2D eigenvalue weighted by molar-refractivity contribution is -0.0114. The van der Waals surface area contributed by atoms with Gasteiger partial charge in [0.05, 0.1) is 52.9 Å². The third-order valence-electron chi connectivity index (χ3n) is 6.08. The number of ether oxygens (including phenoxy) is 5. The number of hydrogen-bond donors (Lipinski definition) is 2. The van der Waals surface area contributed by atoms with E-state index in [0.717, 1.165) is 37.2 Å². The van der Waals surface area contributed by atoms with E-state index in [4.69, 9.17) is 23.7 Å². The first-order chi connectivity index (χ1) is 18.8. The quantitative estimate of drug-likeness (QED) is 0.0648. The van der Waals surface area contributed by atoms with Gasteiger partial charge in [-0.3, -0.25) is 0 Å². The molecule has 0 heterocycles. The van der Waals surface area contributed by atoms with Crippen LogP contribution in [0.3, 0.4) is 0 Å². The summed E-state index contributed by atoms with van der Waals surface area (Å²) < 4.78 is 27.7. The first kappa shape index (κ1) is 34.8. The Balaban J connectivity index is 1.71. The number of nitroso groups, excluding NO2 is 1. The lowest BCUT2D eigenvalue weighted by Gasteiger charge is -2.08. The Morgan fingerprint density at radius 3 is 1.47 bits per heavy atom. The second kappa shape index (κ2) is 27.3. The smallest absolute Gasteiger partial charge is 0.116 e. The normalized spacial score (nSPS) is 11.3. The molecule has 1 aromatic carbocycles. The summed E-state index contributed by atoms with van der Waals surface area (Å²) in [5.41, 5.74) is 1.15. The zero-order valence-electron chi connectivity index (χ0n) is 23.3. The third kappa shape index (κ3) is 21.7. The molecule has 0 aliphatic heterocycles. The molecule has 0 saturated carbocycles. The molecule has 0 radical (unpaired) electrons. The number of hydrogen-bond acceptors (Lipinski definition) is 9. The second-order valence-electron chi connectivity index (χ2n) is 9.33. The van der Waals surface area contributed by atoms with Crippen LogP contribution in [-0.2, 0) is 30.1 Å². The second-order valence-corrected chi connectivity index (χ2v) is 9.78. The molecule has 0 saturated heterocycles. The molecular weight excluding hydrogens is 506 g/mol. The summed E-state index contributed by atoms with van der Waals surface area (Å²) >= 11 is 4.24. The van der Waals surface area contributed by atoms with Gasteiger partial charge in [-0.1, -0.05) is 44.9 Å². The number of phenols is 1. The summed E-state index contributed by atoms with van der Waals surface area (Å²) in [5.74, 6) is 1.17. The molecule has 1 N–H and O–H groups in total. The highest BCUT2D eigenvalue weighted by molar-refractivity contribution is 7.80. The van der Waals surface area contributed by atoms with Crippen LogP contribution in [0.1, 0.15) is 76.2 Å². The molecule has 1 aromatic rings. The van der Waals surface area contributed by atoms with E-state index in [1.165, 1.54) is 63.5 Å². The molecule has 0 aromatic heterocycles. The van der Waals surface area contributed by atoms with E-state index in [2.05, 4.69) is 17.8 Å². The Labute approximate surface area is 235 Å². The van der Waals surface area contributed by atoms with Crippen molar-refractivity contribution >= 4 is 18.3 Å². The molecule has 0 amide bonds. The standard InChI is InChI=1S/C29H51NO7S/c31-28-13-14-29(30-32)27(26-28)12-8-10-16-34-18-20-36-22-24-37-23-21-35-19-17-33-15-9-6-4-2-1-3-5-7-11-25-38/h13-14,26,31,38H,1-12,15-25H2. The van der Waals surface area contributed by atoms with E-state index in [0.29, 0.717) is 71.6 Å². The summed E-state index contributed by atoms with van der Waals surface area (Å²) in [4.78, 5) is 10.8. The van der Waals surface area contributed by atoms with Gasteiger partial charge in [-0.05, 0) is 66.8 Å². The highest BCUT2D eigenvalue weighted by Crippen LogP contribution is 2.25. The number of thiol groups is 1. The number of phenolic OH excluding ortho intramolecular Hbond substituents is 1. The van der Waals surface area contributed by atoms with Crippen LogP contribution in [0, 0.1) is 4.91 Å². The lowest BCUT2D eigenvalue weighted by atomic mass is 10.1. The average molecular weight is 558 g/mol. The number of rotatable bonds is 29. The number of aromatic hydroxyl groups is 1. The monoisotopic (exact) mass is 557 g/mol. The van der Waals surface area contributed by atoms with Crippen molar-refractivity contribution in [3.8, 4) is 5.75 Å². The van der Waals surface area contributed by atoms with E-state index in [9.17, 15) is 10.0 Å². The highest BCUT2D eigenvalue weighted by atomic mass is 32.1. The summed E-state index contributed by atoms with van der Waals surface area (Å²) in [6.45, 7) is 5.93. The Morgan fingerprint density at radius 2 is 1.00 bits per heavy atom. The Kier molecular flexibility index (Phi) is 25.0. The summed E-state index contributed by atoms with van der Waals surface area (Å²) in [6, 6.07) is 4.60. The topological polar surface area (TPSA) is 95.8 Å². The number of unbranched alkanes of at least 4 members (excludes halogenated alkanes) is 9. The van der Waals surface area contributed by atoms with Gasteiger partial charge in [-0.2, -0.15) is 12.6 Å². The fourth-order valence-electron chi connectivity index (χ4n) is 3.92. The van der Waals surface area contributed by atoms with Crippen molar-refractivity contribution in [2.45, 2.75) is 77.0 Å². The maximum absolute atomic E-state index is 10.8. The Bertz CT molecular complexity index is 666. The molecule has 38 heavy (non-hydrogen) atoms. The molecule has 0 aliphatic rings. The van der Waals surface area contributed by atoms with Crippen molar-refractivity contribution in [2.24, 2.45) is 5.18 Å². The van der Waals surface area contributed by atoms with Gasteiger partial charge in [0.2, 0.25) is 0 Å². The predicted molar refractivity (Wildman–Crippen MR) is 156 cm³/mol. The molecule has 0 atom stereocenters. The van der Waals surface area contributed by atoms with Crippen LogP contribution in [0.25, 0.3) is 0 Å². The maximum atomic E-state index is 10.8.